The van der Waals surface area contributed by atoms with Gasteiger partial charge >= 0.3 is 11.9 Å². The van der Waals surface area contributed by atoms with Gasteiger partial charge in [-0.2, -0.15) is 0 Å². The fourth-order valence-corrected chi connectivity index (χ4v) is 3.12. The Balaban J connectivity index is 3.15. The van der Waals surface area contributed by atoms with Gasteiger partial charge in [0.25, 0.3) is 0 Å². The number of carbonyl (C=O) groups excluding carboxylic acids is 3. The molecular weight excluding hydrogens is 366 g/mol. The average molecular weight is 393 g/mol. The van der Waals surface area contributed by atoms with E-state index in [1.165, 1.54) is 19.1 Å². The van der Waals surface area contributed by atoms with Crippen molar-refractivity contribution in [2.45, 2.75) is 45.1 Å². The topological polar surface area (TPSA) is 122 Å². The largest absolute Gasteiger partial charge is 0.504 e. The highest BCUT2D eigenvalue weighted by Gasteiger charge is 2.43. The van der Waals surface area contributed by atoms with Crippen LogP contribution in [-0.4, -0.2) is 47.3 Å². The third-order valence-electron chi connectivity index (χ3n) is 4.69. The second-order valence-electron chi connectivity index (χ2n) is 6.24. The van der Waals surface area contributed by atoms with Gasteiger partial charge in [-0.3, -0.25) is 4.79 Å². The molecule has 0 aliphatic carbocycles. The highest BCUT2D eigenvalue weighted by atomic mass is 16.6. The minimum atomic E-state index is -1.04. The third-order valence-corrected chi connectivity index (χ3v) is 4.69. The molecule has 1 amide bonds. The average Bonchev–Trinajstić information content (AvgIpc) is 2.67. The van der Waals surface area contributed by atoms with Gasteiger partial charge in [-0.15, -0.1) is 0 Å². The van der Waals surface area contributed by atoms with E-state index in [2.05, 4.69) is 11.9 Å². The molecule has 0 spiro atoms. The molecular formula is C20H27NO7. The van der Waals surface area contributed by atoms with E-state index in [-0.39, 0.29) is 24.7 Å². The molecule has 0 aliphatic rings. The van der Waals surface area contributed by atoms with Crippen LogP contribution in [0.15, 0.2) is 30.9 Å². The lowest BCUT2D eigenvalue weighted by molar-refractivity contribution is -0.154. The number of phenols is 2. The van der Waals surface area contributed by atoms with Crippen LogP contribution in [0.4, 0.5) is 0 Å². The Bertz CT molecular complexity index is 725. The number of phenolic OH excluding ortho intramolecular Hbond substituents is 2. The summed E-state index contributed by atoms with van der Waals surface area (Å²) in [6.07, 6.45) is 1.89. The number of rotatable bonds is 10. The van der Waals surface area contributed by atoms with E-state index in [0.29, 0.717) is 18.4 Å². The lowest BCUT2D eigenvalue weighted by Gasteiger charge is -2.39. The molecule has 0 saturated carbocycles. The van der Waals surface area contributed by atoms with Gasteiger partial charge < -0.3 is 25.0 Å². The first kappa shape index (κ1) is 23.0. The normalized spacial score (nSPS) is 12.0. The second-order valence-corrected chi connectivity index (χ2v) is 6.24. The Labute approximate surface area is 164 Å². The van der Waals surface area contributed by atoms with Gasteiger partial charge in [0.15, 0.2) is 11.5 Å². The third kappa shape index (κ3) is 5.48. The van der Waals surface area contributed by atoms with Gasteiger partial charge in [0.1, 0.15) is 19.3 Å². The maximum atomic E-state index is 12.8. The highest BCUT2D eigenvalue weighted by molar-refractivity contribution is 5.85. The molecule has 0 aliphatic heterocycles. The van der Waals surface area contributed by atoms with E-state index in [4.69, 9.17) is 9.47 Å². The fourth-order valence-electron chi connectivity index (χ4n) is 3.12. The standard InChI is InChI=1S/C20H27NO7/c1-5-17(25)27-10-11-28-19(26)18(21-13(4)22)20(6-2,7-3)14-8-9-15(23)16(24)12-14/h5,8-9,12,18,23-24H,1,6-7,10-11H2,2-4H3,(H,21,22). The Kier molecular flexibility index (Phi) is 8.50. The summed E-state index contributed by atoms with van der Waals surface area (Å²) in [6, 6.07) is 3.25. The summed E-state index contributed by atoms with van der Waals surface area (Å²) in [5, 5.41) is 22.1. The van der Waals surface area contributed by atoms with Gasteiger partial charge in [-0.1, -0.05) is 26.5 Å². The molecule has 3 N–H and O–H groups in total. The van der Waals surface area contributed by atoms with Crippen LogP contribution in [0.2, 0.25) is 0 Å². The predicted molar refractivity (Wildman–Crippen MR) is 102 cm³/mol. The summed E-state index contributed by atoms with van der Waals surface area (Å²) in [5.74, 6) is -2.36. The smallest absolute Gasteiger partial charge is 0.330 e. The first-order chi connectivity index (χ1) is 13.2. The quantitative estimate of drug-likeness (QED) is 0.240. The summed E-state index contributed by atoms with van der Waals surface area (Å²) in [6.45, 7) is 7.93. The molecule has 0 heterocycles. The number of esters is 2. The Hall–Kier alpha value is -3.03. The van der Waals surface area contributed by atoms with Gasteiger partial charge in [-0.05, 0) is 30.5 Å². The van der Waals surface area contributed by atoms with Gasteiger partial charge in [0.2, 0.25) is 5.91 Å². The molecule has 0 fully saturated rings. The second kappa shape index (κ2) is 10.3. The minimum absolute atomic E-state index is 0.144. The Morgan fingerprint density at radius 3 is 2.25 bits per heavy atom. The van der Waals surface area contributed by atoms with E-state index in [1.807, 2.05) is 13.8 Å². The molecule has 8 heteroatoms. The number of ether oxygens (including phenoxy) is 2. The number of amides is 1. The number of benzene rings is 1. The summed E-state index contributed by atoms with van der Waals surface area (Å²) < 4.78 is 9.98. The van der Waals surface area contributed by atoms with Crippen molar-refractivity contribution in [1.82, 2.24) is 5.32 Å². The SMILES string of the molecule is C=CC(=O)OCCOC(=O)C(NC(C)=O)C(CC)(CC)c1ccc(O)c(O)c1. The first-order valence-electron chi connectivity index (χ1n) is 8.97. The molecule has 1 rings (SSSR count). The number of nitrogens with one attached hydrogen (secondary N) is 1. The zero-order valence-electron chi connectivity index (χ0n) is 16.4. The van der Waals surface area contributed by atoms with E-state index >= 15 is 0 Å². The molecule has 1 unspecified atom stereocenters. The summed E-state index contributed by atoms with van der Waals surface area (Å²) in [5.41, 5.74) is -0.312. The lowest BCUT2D eigenvalue weighted by atomic mass is 9.70. The molecule has 0 aromatic heterocycles. The zero-order valence-corrected chi connectivity index (χ0v) is 16.4. The van der Waals surface area contributed by atoms with E-state index < -0.39 is 29.3 Å². The minimum Gasteiger partial charge on any atom is -0.504 e. The maximum Gasteiger partial charge on any atom is 0.330 e. The van der Waals surface area contributed by atoms with Crippen LogP contribution in [0.1, 0.15) is 39.2 Å². The van der Waals surface area contributed by atoms with Crippen LogP contribution in [0.3, 0.4) is 0 Å². The lowest BCUT2D eigenvalue weighted by Crippen LogP contribution is -2.55. The van der Waals surface area contributed by atoms with E-state index in [1.54, 1.807) is 6.07 Å². The van der Waals surface area contributed by atoms with Crippen molar-refractivity contribution in [3.05, 3.63) is 36.4 Å². The fraction of sp³-hybridized carbons (Fsp3) is 0.450. The van der Waals surface area contributed by atoms with Crippen molar-refractivity contribution in [3.63, 3.8) is 0 Å². The predicted octanol–water partition coefficient (Wildman–Crippen LogP) is 1.93. The maximum absolute atomic E-state index is 12.8. The van der Waals surface area contributed by atoms with Crippen LogP contribution in [-0.2, 0) is 29.3 Å². The molecule has 154 valence electrons. The Morgan fingerprint density at radius 2 is 1.75 bits per heavy atom. The van der Waals surface area contributed by atoms with Crippen LogP contribution in [0.5, 0.6) is 11.5 Å². The molecule has 0 radical (unpaired) electrons. The first-order valence-corrected chi connectivity index (χ1v) is 8.97. The molecule has 1 aromatic carbocycles. The summed E-state index contributed by atoms with van der Waals surface area (Å²) in [7, 11) is 0. The van der Waals surface area contributed by atoms with Crippen molar-refractivity contribution in [2.75, 3.05) is 13.2 Å². The molecule has 0 bridgehead atoms. The van der Waals surface area contributed by atoms with E-state index in [0.717, 1.165) is 6.08 Å². The molecule has 28 heavy (non-hydrogen) atoms. The number of hydrogen-bond acceptors (Lipinski definition) is 7. The molecule has 0 saturated heterocycles. The van der Waals surface area contributed by atoms with Gasteiger partial charge in [-0.25, -0.2) is 9.59 Å². The van der Waals surface area contributed by atoms with Crippen LogP contribution >= 0.6 is 0 Å². The van der Waals surface area contributed by atoms with Crippen molar-refractivity contribution in [2.24, 2.45) is 0 Å². The number of carbonyl (C=O) groups is 3. The van der Waals surface area contributed by atoms with E-state index in [9.17, 15) is 24.6 Å². The monoisotopic (exact) mass is 393 g/mol. The van der Waals surface area contributed by atoms with Crippen molar-refractivity contribution >= 4 is 17.8 Å². The Morgan fingerprint density at radius 1 is 1.14 bits per heavy atom. The molecule has 1 aromatic rings. The van der Waals surface area contributed by atoms with Crippen molar-refractivity contribution < 1.29 is 34.1 Å². The van der Waals surface area contributed by atoms with Gasteiger partial charge in [0.05, 0.1) is 0 Å². The molecule has 1 atom stereocenters. The van der Waals surface area contributed by atoms with Gasteiger partial charge in [0, 0.05) is 18.4 Å². The van der Waals surface area contributed by atoms with Crippen molar-refractivity contribution in [3.8, 4) is 11.5 Å². The van der Waals surface area contributed by atoms with Crippen LogP contribution in [0.25, 0.3) is 0 Å². The number of hydrogen-bond donors (Lipinski definition) is 3. The summed E-state index contributed by atoms with van der Waals surface area (Å²) in [4.78, 5) is 35.6. The number of aromatic hydroxyl groups is 2. The zero-order chi connectivity index (χ0) is 21.3. The van der Waals surface area contributed by atoms with Crippen LogP contribution in [0, 0.1) is 0 Å². The highest BCUT2D eigenvalue weighted by Crippen LogP contribution is 2.39. The van der Waals surface area contributed by atoms with Crippen LogP contribution < -0.4 is 5.32 Å². The summed E-state index contributed by atoms with van der Waals surface area (Å²) >= 11 is 0. The van der Waals surface area contributed by atoms with Crippen molar-refractivity contribution in [1.29, 1.82) is 0 Å². The molecule has 8 nitrogen and oxygen atoms in total.